The normalized spacial score (nSPS) is 17.4. The van der Waals surface area contributed by atoms with Gasteiger partial charge in [-0.15, -0.1) is 0 Å². The van der Waals surface area contributed by atoms with Gasteiger partial charge < -0.3 is 27.5 Å². The summed E-state index contributed by atoms with van der Waals surface area (Å²) in [4.78, 5) is 0. The first-order chi connectivity index (χ1) is 13.9. The Morgan fingerprint density at radius 3 is 1.65 bits per heavy atom. The van der Waals surface area contributed by atoms with E-state index in [1.54, 1.807) is 0 Å². The molecule has 0 aliphatic heterocycles. The Labute approximate surface area is 199 Å². The third-order valence-corrected chi connectivity index (χ3v) is 22.6. The predicted molar refractivity (Wildman–Crippen MR) is 146 cm³/mol. The molecule has 0 rings (SSSR count). The topological polar surface area (TPSA) is 75.0 Å². The Hall–Kier alpha value is 0.844. The summed E-state index contributed by atoms with van der Waals surface area (Å²) >= 11 is 0. The van der Waals surface area contributed by atoms with Crippen molar-refractivity contribution in [2.24, 2.45) is 5.73 Å². The summed E-state index contributed by atoms with van der Waals surface area (Å²) < 4.78 is 27.2. The van der Waals surface area contributed by atoms with Crippen LogP contribution < -0.4 is 11.1 Å². The minimum atomic E-state index is -2.52. The van der Waals surface area contributed by atoms with Gasteiger partial charge in [0.1, 0.15) is 0 Å². The van der Waals surface area contributed by atoms with Crippen LogP contribution in [-0.4, -0.2) is 62.0 Å². The van der Waals surface area contributed by atoms with Crippen LogP contribution in [-0.2, 0) is 16.5 Å². The van der Waals surface area contributed by atoms with Crippen LogP contribution >= 0.6 is 0 Å². The lowest BCUT2D eigenvalue weighted by atomic mass is 10.3. The van der Waals surface area contributed by atoms with Crippen molar-refractivity contribution in [1.29, 1.82) is 0 Å². The van der Waals surface area contributed by atoms with Gasteiger partial charge in [0, 0.05) is 13.1 Å². The van der Waals surface area contributed by atoms with Crippen molar-refractivity contribution in [1.82, 2.24) is 5.32 Å². The third-order valence-electron chi connectivity index (χ3n) is 4.36. The maximum atomic E-state index is 7.05. The van der Waals surface area contributed by atoms with E-state index in [2.05, 4.69) is 70.8 Å². The zero-order valence-corrected chi connectivity index (χ0v) is 27.2. The van der Waals surface area contributed by atoms with Crippen molar-refractivity contribution >= 4 is 42.3 Å². The van der Waals surface area contributed by atoms with E-state index in [1.807, 2.05) is 0 Å². The van der Waals surface area contributed by atoms with Crippen LogP contribution in [0, 0.1) is 6.92 Å². The number of rotatable bonds is 18. The Bertz CT molecular complexity index is 503. The van der Waals surface area contributed by atoms with Gasteiger partial charge in [-0.3, -0.25) is 0 Å². The second kappa shape index (κ2) is 13.7. The predicted octanol–water partition coefficient (Wildman–Crippen LogP) is 5.39. The molecule has 0 aromatic carbocycles. The van der Waals surface area contributed by atoms with E-state index >= 15 is 0 Å². The first-order valence-corrected chi connectivity index (χ1v) is 26.5. The minimum absolute atomic E-state index is 0.655. The molecule has 0 aliphatic carbocycles. The first kappa shape index (κ1) is 31.8. The van der Waals surface area contributed by atoms with Crippen LogP contribution in [0.1, 0.15) is 25.7 Å². The standard InChI is InChI=1S/C20H52N2O4Si5/c1-12-13-14-19-30(10,24-28(5,6)7)26-31(11,20-15-17-22-18-16-21)25-29(8,9)23-27(2,3)4/h1,22H,12-21H2,2-11H3. The lowest BCUT2D eigenvalue weighted by Crippen LogP contribution is -2.60. The Balaban J connectivity index is 5.61. The minimum Gasteiger partial charge on any atom is -0.437 e. The number of nitrogens with one attached hydrogen (secondary N) is 1. The van der Waals surface area contributed by atoms with Crippen molar-refractivity contribution in [2.75, 3.05) is 19.6 Å². The molecule has 11 heteroatoms. The van der Waals surface area contributed by atoms with Gasteiger partial charge in [-0.25, -0.2) is 0 Å². The molecular weight excluding hydrogens is 473 g/mol. The van der Waals surface area contributed by atoms with E-state index in [4.69, 9.17) is 29.1 Å². The van der Waals surface area contributed by atoms with Gasteiger partial charge in [0.2, 0.25) is 0 Å². The van der Waals surface area contributed by atoms with Gasteiger partial charge in [0.25, 0.3) is 0 Å². The quantitative estimate of drug-likeness (QED) is 0.185. The van der Waals surface area contributed by atoms with Gasteiger partial charge in [0.05, 0.1) is 0 Å². The monoisotopic (exact) mass is 524 g/mol. The lowest BCUT2D eigenvalue weighted by Gasteiger charge is -2.44. The number of hydrogen-bond acceptors (Lipinski definition) is 6. The Morgan fingerprint density at radius 1 is 0.645 bits per heavy atom. The molecule has 2 atom stereocenters. The SMILES string of the molecule is [CH]CCCC[Si](C)(O[Si](C)(C)C)O[Si](C)(CCCNCCN)O[Si](C)(C)O[Si](C)(C)C. The second-order valence-electron chi connectivity index (χ2n) is 11.2. The van der Waals surface area contributed by atoms with Crippen molar-refractivity contribution in [3.63, 3.8) is 0 Å². The molecule has 0 amide bonds. The molecule has 0 saturated carbocycles. The van der Waals surface area contributed by atoms with E-state index in [0.29, 0.717) is 13.0 Å². The summed E-state index contributed by atoms with van der Waals surface area (Å²) in [7, 11) is -10.7. The zero-order chi connectivity index (χ0) is 24.4. The molecule has 0 saturated heterocycles. The molecule has 2 unspecified atom stereocenters. The van der Waals surface area contributed by atoms with E-state index in [9.17, 15) is 0 Å². The maximum absolute atomic E-state index is 7.05. The van der Waals surface area contributed by atoms with Crippen LogP contribution in [0.25, 0.3) is 0 Å². The molecule has 0 aliphatic rings. The molecule has 0 bridgehead atoms. The molecule has 0 aromatic rings. The van der Waals surface area contributed by atoms with E-state index in [-0.39, 0.29) is 0 Å². The molecule has 2 radical (unpaired) electrons. The highest BCUT2D eigenvalue weighted by molar-refractivity contribution is 6.90. The zero-order valence-electron chi connectivity index (χ0n) is 22.2. The average Bonchev–Trinajstić information content (AvgIpc) is 2.49. The van der Waals surface area contributed by atoms with Crippen LogP contribution in [0.2, 0.25) is 77.6 Å². The fourth-order valence-electron chi connectivity index (χ4n) is 3.98. The van der Waals surface area contributed by atoms with Crippen molar-refractivity contribution in [3.8, 4) is 0 Å². The summed E-state index contributed by atoms with van der Waals surface area (Å²) in [5.41, 5.74) is 5.61. The fourth-order valence-corrected chi connectivity index (χ4v) is 27.8. The molecule has 6 nitrogen and oxygen atoms in total. The summed E-state index contributed by atoms with van der Waals surface area (Å²) in [5.74, 6) is 0. The van der Waals surface area contributed by atoms with Gasteiger partial charge in [-0.1, -0.05) is 12.8 Å². The summed E-state index contributed by atoms with van der Waals surface area (Å²) in [5, 5.41) is 3.40. The largest absolute Gasteiger partial charge is 0.437 e. The van der Waals surface area contributed by atoms with Crippen molar-refractivity contribution < 1.29 is 16.5 Å². The molecular formula is C20H52N2O4Si5. The van der Waals surface area contributed by atoms with Crippen LogP contribution in [0.4, 0.5) is 0 Å². The highest BCUT2D eigenvalue weighted by atomic mass is 28.5. The molecule has 0 aromatic heterocycles. The smallest absolute Gasteiger partial charge is 0.317 e. The molecule has 186 valence electrons. The third kappa shape index (κ3) is 17.0. The number of hydrogen-bond donors (Lipinski definition) is 2. The van der Waals surface area contributed by atoms with E-state index in [1.165, 1.54) is 0 Å². The van der Waals surface area contributed by atoms with Crippen LogP contribution in [0.5, 0.6) is 0 Å². The van der Waals surface area contributed by atoms with E-state index in [0.717, 1.165) is 44.4 Å². The molecule has 0 spiro atoms. The molecule has 0 fully saturated rings. The average molecular weight is 525 g/mol. The summed E-state index contributed by atoms with van der Waals surface area (Å²) in [6.45, 7) is 30.4. The highest BCUT2D eigenvalue weighted by Crippen LogP contribution is 2.32. The van der Waals surface area contributed by atoms with Crippen molar-refractivity contribution in [2.45, 2.75) is 103 Å². The summed E-state index contributed by atoms with van der Waals surface area (Å²) in [6.07, 6.45) is 3.75. The van der Waals surface area contributed by atoms with Gasteiger partial charge in [-0.05, 0) is 104 Å². The van der Waals surface area contributed by atoms with Gasteiger partial charge in [0.15, 0.2) is 16.6 Å². The highest BCUT2D eigenvalue weighted by Gasteiger charge is 2.48. The molecule has 3 N–H and O–H groups in total. The molecule has 31 heavy (non-hydrogen) atoms. The van der Waals surface area contributed by atoms with Gasteiger partial charge >= 0.3 is 25.7 Å². The Kier molecular flexibility index (Phi) is 14.0. The van der Waals surface area contributed by atoms with Gasteiger partial charge in [-0.2, -0.15) is 0 Å². The van der Waals surface area contributed by atoms with E-state index < -0.39 is 42.3 Å². The Morgan fingerprint density at radius 2 is 1.16 bits per heavy atom. The number of unbranched alkanes of at least 4 members (excludes halogenated alkanes) is 2. The number of nitrogens with two attached hydrogens (primary N) is 1. The van der Waals surface area contributed by atoms with Crippen LogP contribution in [0.15, 0.2) is 0 Å². The first-order valence-electron chi connectivity index (χ1n) is 11.9. The fraction of sp³-hybridized carbons (Fsp3) is 0.950. The van der Waals surface area contributed by atoms with Crippen LogP contribution in [0.3, 0.4) is 0 Å². The molecule has 0 heterocycles. The lowest BCUT2D eigenvalue weighted by molar-refractivity contribution is 0.286. The maximum Gasteiger partial charge on any atom is 0.317 e. The summed E-state index contributed by atoms with van der Waals surface area (Å²) in [6, 6.07) is 1.88. The van der Waals surface area contributed by atoms with Crippen molar-refractivity contribution in [3.05, 3.63) is 6.92 Å². The second-order valence-corrected chi connectivity index (χ2v) is 31.2.